The molecule has 106 valence electrons. The van der Waals surface area contributed by atoms with E-state index in [0.717, 1.165) is 12.8 Å². The first kappa shape index (κ1) is 16.9. The fourth-order valence-corrected chi connectivity index (χ4v) is 1.88. The number of hydrogen-bond acceptors (Lipinski definition) is 4. The Balaban J connectivity index is 4.65. The van der Waals surface area contributed by atoms with Gasteiger partial charge in [0, 0.05) is 13.1 Å². The SMILES string of the molecule is CCCN(CC(=O)OC)C(=O)C(CN)CC(C)C. The number of hydrogen-bond donors (Lipinski definition) is 1. The summed E-state index contributed by atoms with van der Waals surface area (Å²) in [6, 6.07) is 0. The number of methoxy groups -OCH3 is 1. The number of carbonyl (C=O) groups excluding carboxylic acids is 2. The molecule has 5 nitrogen and oxygen atoms in total. The van der Waals surface area contributed by atoms with Crippen molar-refractivity contribution in [1.29, 1.82) is 0 Å². The fourth-order valence-electron chi connectivity index (χ4n) is 1.88. The van der Waals surface area contributed by atoms with Crippen molar-refractivity contribution in [1.82, 2.24) is 4.90 Å². The van der Waals surface area contributed by atoms with Crippen molar-refractivity contribution in [3.63, 3.8) is 0 Å². The summed E-state index contributed by atoms with van der Waals surface area (Å²) in [6.45, 7) is 6.97. The van der Waals surface area contributed by atoms with Crippen LogP contribution in [0.25, 0.3) is 0 Å². The van der Waals surface area contributed by atoms with Gasteiger partial charge in [-0.2, -0.15) is 0 Å². The Morgan fingerprint density at radius 1 is 1.33 bits per heavy atom. The molecule has 18 heavy (non-hydrogen) atoms. The second kappa shape index (κ2) is 8.91. The predicted molar refractivity (Wildman–Crippen MR) is 70.9 cm³/mol. The molecule has 0 saturated heterocycles. The molecule has 0 aromatic carbocycles. The van der Waals surface area contributed by atoms with Gasteiger partial charge in [0.15, 0.2) is 0 Å². The number of ether oxygens (including phenoxy) is 1. The van der Waals surface area contributed by atoms with E-state index in [0.29, 0.717) is 19.0 Å². The van der Waals surface area contributed by atoms with Gasteiger partial charge in [-0.15, -0.1) is 0 Å². The molecule has 0 aliphatic heterocycles. The second-order valence-electron chi connectivity index (χ2n) is 4.90. The summed E-state index contributed by atoms with van der Waals surface area (Å²) in [5, 5.41) is 0. The molecule has 0 aromatic heterocycles. The Kier molecular flexibility index (Phi) is 8.37. The summed E-state index contributed by atoms with van der Waals surface area (Å²) in [5.74, 6) is -0.235. The molecular formula is C13H26N2O3. The first-order valence-electron chi connectivity index (χ1n) is 6.51. The van der Waals surface area contributed by atoms with Crippen LogP contribution in [-0.2, 0) is 14.3 Å². The average Bonchev–Trinajstić information content (AvgIpc) is 2.34. The number of amides is 1. The zero-order chi connectivity index (χ0) is 14.1. The molecule has 0 bridgehead atoms. The first-order chi connectivity index (χ1) is 8.46. The number of nitrogens with zero attached hydrogens (tertiary/aromatic N) is 1. The van der Waals surface area contributed by atoms with Crippen molar-refractivity contribution >= 4 is 11.9 Å². The van der Waals surface area contributed by atoms with Gasteiger partial charge in [-0.1, -0.05) is 20.8 Å². The summed E-state index contributed by atoms with van der Waals surface area (Å²) >= 11 is 0. The molecule has 1 atom stereocenters. The maximum atomic E-state index is 12.3. The first-order valence-corrected chi connectivity index (χ1v) is 6.51. The molecular weight excluding hydrogens is 232 g/mol. The van der Waals surface area contributed by atoms with Gasteiger partial charge in [0.25, 0.3) is 0 Å². The fraction of sp³-hybridized carbons (Fsp3) is 0.846. The molecule has 0 aliphatic rings. The van der Waals surface area contributed by atoms with Gasteiger partial charge in [0.1, 0.15) is 6.54 Å². The largest absolute Gasteiger partial charge is 0.468 e. The molecule has 2 N–H and O–H groups in total. The monoisotopic (exact) mass is 258 g/mol. The summed E-state index contributed by atoms with van der Waals surface area (Å²) in [4.78, 5) is 25.1. The quantitative estimate of drug-likeness (QED) is 0.660. The van der Waals surface area contributed by atoms with Crippen molar-refractivity contribution in [2.75, 3.05) is 26.7 Å². The van der Waals surface area contributed by atoms with Crippen molar-refractivity contribution in [3.8, 4) is 0 Å². The highest BCUT2D eigenvalue weighted by Crippen LogP contribution is 2.14. The molecule has 0 spiro atoms. The van der Waals surface area contributed by atoms with E-state index in [1.807, 2.05) is 6.92 Å². The van der Waals surface area contributed by atoms with Gasteiger partial charge in [0.2, 0.25) is 5.91 Å². The highest BCUT2D eigenvalue weighted by molar-refractivity contribution is 5.83. The third-order valence-electron chi connectivity index (χ3n) is 2.74. The van der Waals surface area contributed by atoms with Crippen LogP contribution in [0.2, 0.25) is 0 Å². The van der Waals surface area contributed by atoms with Gasteiger partial charge in [0.05, 0.1) is 13.0 Å². The van der Waals surface area contributed by atoms with Crippen molar-refractivity contribution < 1.29 is 14.3 Å². The van der Waals surface area contributed by atoms with Crippen LogP contribution in [0.15, 0.2) is 0 Å². The standard InChI is InChI=1S/C13H26N2O3/c1-5-6-15(9-12(16)18-4)13(17)11(8-14)7-10(2)3/h10-11H,5-9,14H2,1-4H3. The molecule has 0 aromatic rings. The van der Waals surface area contributed by atoms with Crippen LogP contribution in [-0.4, -0.2) is 43.5 Å². The van der Waals surface area contributed by atoms with Crippen molar-refractivity contribution in [2.24, 2.45) is 17.6 Å². The molecule has 5 heteroatoms. The zero-order valence-electron chi connectivity index (χ0n) is 11.9. The Morgan fingerprint density at radius 2 is 1.94 bits per heavy atom. The third-order valence-corrected chi connectivity index (χ3v) is 2.74. The minimum atomic E-state index is -0.392. The van der Waals surface area contributed by atoms with E-state index in [9.17, 15) is 9.59 Å². The van der Waals surface area contributed by atoms with Crippen LogP contribution in [0, 0.1) is 11.8 Å². The molecule has 0 heterocycles. The van der Waals surface area contributed by atoms with Crippen LogP contribution in [0.4, 0.5) is 0 Å². The molecule has 0 radical (unpaired) electrons. The summed E-state index contributed by atoms with van der Waals surface area (Å²) in [7, 11) is 1.32. The normalized spacial score (nSPS) is 12.3. The van der Waals surface area contributed by atoms with Crippen LogP contribution >= 0.6 is 0 Å². The van der Waals surface area contributed by atoms with E-state index in [2.05, 4.69) is 18.6 Å². The maximum absolute atomic E-state index is 12.3. The number of nitrogens with two attached hydrogens (primary N) is 1. The molecule has 0 aliphatic carbocycles. The Morgan fingerprint density at radius 3 is 2.33 bits per heavy atom. The molecule has 1 amide bonds. The molecule has 1 unspecified atom stereocenters. The van der Waals surface area contributed by atoms with E-state index in [1.165, 1.54) is 7.11 Å². The van der Waals surface area contributed by atoms with E-state index in [4.69, 9.17) is 5.73 Å². The third kappa shape index (κ3) is 6.00. The van der Waals surface area contributed by atoms with Gasteiger partial charge >= 0.3 is 5.97 Å². The van der Waals surface area contributed by atoms with Crippen molar-refractivity contribution in [2.45, 2.75) is 33.6 Å². The van der Waals surface area contributed by atoms with Crippen molar-refractivity contribution in [3.05, 3.63) is 0 Å². The smallest absolute Gasteiger partial charge is 0.325 e. The molecule has 0 fully saturated rings. The lowest BCUT2D eigenvalue weighted by molar-refractivity contribution is -0.148. The van der Waals surface area contributed by atoms with E-state index >= 15 is 0 Å². The number of esters is 1. The Bertz CT molecular complexity index is 267. The van der Waals surface area contributed by atoms with Gasteiger partial charge in [-0.3, -0.25) is 9.59 Å². The van der Waals surface area contributed by atoms with Gasteiger partial charge in [-0.25, -0.2) is 0 Å². The minimum absolute atomic E-state index is 0.0117. The number of carbonyl (C=O) groups is 2. The molecule has 0 saturated carbocycles. The average molecular weight is 258 g/mol. The summed E-state index contributed by atoms with van der Waals surface area (Å²) < 4.78 is 4.61. The zero-order valence-corrected chi connectivity index (χ0v) is 11.9. The van der Waals surface area contributed by atoms with Crippen LogP contribution < -0.4 is 5.73 Å². The molecule has 0 rings (SSSR count). The van der Waals surface area contributed by atoms with E-state index < -0.39 is 5.97 Å². The van der Waals surface area contributed by atoms with Crippen LogP contribution in [0.3, 0.4) is 0 Å². The lowest BCUT2D eigenvalue weighted by Crippen LogP contribution is -2.43. The topological polar surface area (TPSA) is 72.6 Å². The minimum Gasteiger partial charge on any atom is -0.468 e. The Labute approximate surface area is 110 Å². The number of rotatable bonds is 8. The lowest BCUT2D eigenvalue weighted by Gasteiger charge is -2.26. The Hall–Kier alpha value is -1.10. The summed E-state index contributed by atoms with van der Waals surface area (Å²) in [6.07, 6.45) is 1.55. The van der Waals surface area contributed by atoms with Crippen LogP contribution in [0.5, 0.6) is 0 Å². The summed E-state index contributed by atoms with van der Waals surface area (Å²) in [5.41, 5.74) is 5.66. The lowest BCUT2D eigenvalue weighted by atomic mass is 9.96. The van der Waals surface area contributed by atoms with E-state index in [1.54, 1.807) is 4.90 Å². The highest BCUT2D eigenvalue weighted by atomic mass is 16.5. The van der Waals surface area contributed by atoms with Gasteiger partial charge in [-0.05, 0) is 18.8 Å². The van der Waals surface area contributed by atoms with E-state index in [-0.39, 0.29) is 18.4 Å². The second-order valence-corrected chi connectivity index (χ2v) is 4.90. The predicted octanol–water partition coefficient (Wildman–Crippen LogP) is 1.02. The highest BCUT2D eigenvalue weighted by Gasteiger charge is 2.25. The van der Waals surface area contributed by atoms with Crippen LogP contribution in [0.1, 0.15) is 33.6 Å². The maximum Gasteiger partial charge on any atom is 0.325 e. The van der Waals surface area contributed by atoms with Gasteiger partial charge < -0.3 is 15.4 Å².